The first-order valence-corrected chi connectivity index (χ1v) is 10.9. The number of ether oxygens (including phenoxy) is 1. The number of rotatable bonds is 7. The zero-order valence-corrected chi connectivity index (χ0v) is 18.1. The predicted octanol–water partition coefficient (Wildman–Crippen LogP) is 5.75. The van der Waals surface area contributed by atoms with Crippen molar-refractivity contribution >= 4 is 27.5 Å². The summed E-state index contributed by atoms with van der Waals surface area (Å²) in [6, 6.07) is 16.4. The summed E-state index contributed by atoms with van der Waals surface area (Å²) in [5.41, 5.74) is 2.35. The number of methoxy groups -OCH3 is 1. The zero-order valence-electron chi connectivity index (χ0n) is 17.3. The van der Waals surface area contributed by atoms with Crippen LogP contribution in [0.2, 0.25) is 0 Å². The molecule has 4 aromatic rings. The topological polar surface area (TPSA) is 43.3 Å². The molecular formula is C24H21F3N2O2S. The molecule has 166 valence electrons. The number of benzene rings is 2. The molecule has 0 aliphatic carbocycles. The molecule has 0 aliphatic heterocycles. The van der Waals surface area contributed by atoms with Crippen molar-refractivity contribution in [3.05, 3.63) is 88.4 Å². The standard InChI is InChI=1S/C24H21F3N2O2S/c1-31-21-5-3-2-4-17(21)10-12-28-23(30)20-14-22-19(11-13-32-22)29(20)15-16-6-8-18(9-7-16)24(25,26)27/h2-9,11,13-14H,10,12,15H2,1H3,(H,28,30). The number of nitrogens with zero attached hydrogens (tertiary/aromatic N) is 1. The molecule has 2 heterocycles. The van der Waals surface area contributed by atoms with Crippen molar-refractivity contribution in [1.82, 2.24) is 9.88 Å². The quantitative estimate of drug-likeness (QED) is 0.383. The maximum atomic E-state index is 12.9. The fraction of sp³-hybridized carbons (Fsp3) is 0.208. The number of alkyl halides is 3. The van der Waals surface area contributed by atoms with E-state index in [1.807, 2.05) is 46.3 Å². The zero-order chi connectivity index (χ0) is 22.7. The molecule has 1 N–H and O–H groups in total. The van der Waals surface area contributed by atoms with Crippen molar-refractivity contribution < 1.29 is 22.7 Å². The Labute approximate surface area is 187 Å². The largest absolute Gasteiger partial charge is 0.496 e. The number of carbonyl (C=O) groups excluding carboxylic acids is 1. The van der Waals surface area contributed by atoms with Crippen LogP contribution in [-0.4, -0.2) is 24.1 Å². The van der Waals surface area contributed by atoms with E-state index in [2.05, 4.69) is 5.32 Å². The smallest absolute Gasteiger partial charge is 0.416 e. The van der Waals surface area contributed by atoms with Crippen LogP contribution in [0.1, 0.15) is 27.2 Å². The molecule has 0 saturated carbocycles. The van der Waals surface area contributed by atoms with Crippen LogP contribution in [0.4, 0.5) is 13.2 Å². The van der Waals surface area contributed by atoms with Crippen LogP contribution in [0, 0.1) is 0 Å². The second kappa shape index (κ2) is 9.08. The minimum atomic E-state index is -4.38. The third-order valence-electron chi connectivity index (χ3n) is 5.25. The minimum absolute atomic E-state index is 0.227. The first-order chi connectivity index (χ1) is 15.4. The molecular weight excluding hydrogens is 437 g/mol. The molecule has 8 heteroatoms. The lowest BCUT2D eigenvalue weighted by Gasteiger charge is -2.13. The van der Waals surface area contributed by atoms with Crippen molar-refractivity contribution in [2.45, 2.75) is 19.1 Å². The fourth-order valence-electron chi connectivity index (χ4n) is 3.63. The van der Waals surface area contributed by atoms with Crippen molar-refractivity contribution in [3.63, 3.8) is 0 Å². The third kappa shape index (κ3) is 4.65. The Kier molecular flexibility index (Phi) is 6.23. The van der Waals surface area contributed by atoms with Crippen LogP contribution in [0.5, 0.6) is 5.75 Å². The summed E-state index contributed by atoms with van der Waals surface area (Å²) < 4.78 is 46.7. The highest BCUT2D eigenvalue weighted by atomic mass is 32.1. The molecule has 32 heavy (non-hydrogen) atoms. The lowest BCUT2D eigenvalue weighted by Crippen LogP contribution is -2.28. The van der Waals surface area contributed by atoms with Gasteiger partial charge < -0.3 is 14.6 Å². The Bertz CT molecular complexity index is 1230. The van der Waals surface area contributed by atoms with Crippen molar-refractivity contribution in [2.24, 2.45) is 0 Å². The van der Waals surface area contributed by atoms with Gasteiger partial charge in [-0.15, -0.1) is 11.3 Å². The number of fused-ring (bicyclic) bond motifs is 1. The summed E-state index contributed by atoms with van der Waals surface area (Å²) >= 11 is 1.52. The van der Waals surface area contributed by atoms with Crippen LogP contribution in [0.25, 0.3) is 10.2 Å². The highest BCUT2D eigenvalue weighted by Gasteiger charge is 2.30. The molecule has 0 radical (unpaired) electrons. The van der Waals surface area contributed by atoms with Gasteiger partial charge in [0.2, 0.25) is 0 Å². The molecule has 0 saturated heterocycles. The second-order valence-corrected chi connectivity index (χ2v) is 8.25. The molecule has 4 rings (SSSR count). The summed E-state index contributed by atoms with van der Waals surface area (Å²) in [5.74, 6) is 0.545. The van der Waals surface area contributed by atoms with Crippen LogP contribution in [0.15, 0.2) is 66.0 Å². The van der Waals surface area contributed by atoms with Crippen LogP contribution in [0.3, 0.4) is 0 Å². The molecule has 0 fully saturated rings. The number of thiophene rings is 1. The predicted molar refractivity (Wildman–Crippen MR) is 119 cm³/mol. The van der Waals surface area contributed by atoms with Gasteiger partial charge in [0.1, 0.15) is 11.4 Å². The Hall–Kier alpha value is -3.26. The lowest BCUT2D eigenvalue weighted by molar-refractivity contribution is -0.137. The minimum Gasteiger partial charge on any atom is -0.496 e. The number of hydrogen-bond donors (Lipinski definition) is 1. The maximum Gasteiger partial charge on any atom is 0.416 e. The Morgan fingerprint density at radius 3 is 2.56 bits per heavy atom. The van der Waals surface area contributed by atoms with Crippen LogP contribution >= 0.6 is 11.3 Å². The molecule has 0 atom stereocenters. The molecule has 2 aromatic heterocycles. The van der Waals surface area contributed by atoms with E-state index in [-0.39, 0.29) is 5.91 Å². The first-order valence-electron chi connectivity index (χ1n) is 10.00. The van der Waals surface area contributed by atoms with Gasteiger partial charge in [-0.1, -0.05) is 30.3 Å². The van der Waals surface area contributed by atoms with E-state index >= 15 is 0 Å². The number of nitrogens with one attached hydrogen (secondary N) is 1. The van der Waals surface area contributed by atoms with Gasteiger partial charge in [0.15, 0.2) is 0 Å². The summed E-state index contributed by atoms with van der Waals surface area (Å²) in [6.07, 6.45) is -3.76. The average Bonchev–Trinajstić information content (AvgIpc) is 3.36. The number of para-hydroxylation sites is 1. The van der Waals surface area contributed by atoms with Gasteiger partial charge in [-0.3, -0.25) is 4.79 Å². The Balaban J connectivity index is 1.51. The number of amides is 1. The number of aromatic nitrogens is 1. The number of carbonyl (C=O) groups is 1. The van der Waals surface area contributed by atoms with Gasteiger partial charge >= 0.3 is 6.18 Å². The van der Waals surface area contributed by atoms with E-state index in [1.54, 1.807) is 7.11 Å². The highest BCUT2D eigenvalue weighted by molar-refractivity contribution is 7.17. The third-order valence-corrected chi connectivity index (χ3v) is 6.10. The van der Waals surface area contributed by atoms with Gasteiger partial charge in [-0.2, -0.15) is 13.2 Å². The molecule has 0 bridgehead atoms. The maximum absolute atomic E-state index is 12.9. The summed E-state index contributed by atoms with van der Waals surface area (Å²) in [5, 5.41) is 4.87. The van der Waals surface area contributed by atoms with Crippen LogP contribution in [-0.2, 0) is 19.1 Å². The average molecular weight is 459 g/mol. The normalized spacial score (nSPS) is 11.6. The van der Waals surface area contributed by atoms with E-state index in [0.717, 1.165) is 33.7 Å². The monoisotopic (exact) mass is 458 g/mol. The molecule has 0 unspecified atom stereocenters. The van der Waals surface area contributed by atoms with Crippen molar-refractivity contribution in [3.8, 4) is 5.75 Å². The van der Waals surface area contributed by atoms with E-state index in [1.165, 1.54) is 23.5 Å². The second-order valence-electron chi connectivity index (χ2n) is 7.30. The number of hydrogen-bond acceptors (Lipinski definition) is 3. The van der Waals surface area contributed by atoms with Crippen molar-refractivity contribution in [1.29, 1.82) is 0 Å². The van der Waals surface area contributed by atoms with Gasteiger partial charge in [0.25, 0.3) is 5.91 Å². The van der Waals surface area contributed by atoms with E-state index in [4.69, 9.17) is 4.74 Å². The lowest BCUT2D eigenvalue weighted by atomic mass is 10.1. The summed E-state index contributed by atoms with van der Waals surface area (Å²) in [7, 11) is 1.61. The molecule has 0 aliphatic rings. The SMILES string of the molecule is COc1ccccc1CCNC(=O)c1cc2sccc2n1Cc1ccc(C(F)(F)F)cc1. The van der Waals surface area contributed by atoms with E-state index in [0.29, 0.717) is 30.8 Å². The Morgan fingerprint density at radius 2 is 1.84 bits per heavy atom. The van der Waals surface area contributed by atoms with Gasteiger partial charge in [-0.25, -0.2) is 0 Å². The van der Waals surface area contributed by atoms with Gasteiger partial charge in [0, 0.05) is 13.1 Å². The molecule has 2 aromatic carbocycles. The van der Waals surface area contributed by atoms with E-state index < -0.39 is 11.7 Å². The summed E-state index contributed by atoms with van der Waals surface area (Å²) in [6.45, 7) is 0.728. The molecule has 0 spiro atoms. The van der Waals surface area contributed by atoms with Gasteiger partial charge in [-0.05, 0) is 53.3 Å². The first kappa shape index (κ1) is 22.0. The molecule has 1 amide bonds. The van der Waals surface area contributed by atoms with E-state index in [9.17, 15) is 18.0 Å². The summed E-state index contributed by atoms with van der Waals surface area (Å²) in [4.78, 5) is 12.9. The fourth-order valence-corrected chi connectivity index (χ4v) is 4.45. The highest BCUT2D eigenvalue weighted by Crippen LogP contribution is 2.30. The Morgan fingerprint density at radius 1 is 1.09 bits per heavy atom. The van der Waals surface area contributed by atoms with Crippen molar-refractivity contribution in [2.75, 3.05) is 13.7 Å². The van der Waals surface area contributed by atoms with Gasteiger partial charge in [0.05, 0.1) is 22.9 Å². The number of halogens is 3. The molecule has 4 nitrogen and oxygen atoms in total. The van der Waals surface area contributed by atoms with Crippen LogP contribution < -0.4 is 10.1 Å².